The van der Waals surface area contributed by atoms with Crippen molar-refractivity contribution in [1.29, 1.82) is 0 Å². The third kappa shape index (κ3) is 5.71. The molecule has 0 aliphatic carbocycles. The summed E-state index contributed by atoms with van der Waals surface area (Å²) >= 11 is 1.43. The highest BCUT2D eigenvalue weighted by Gasteiger charge is 2.22. The minimum absolute atomic E-state index is 0.0611. The number of anilines is 1. The maximum absolute atomic E-state index is 13.0. The Balaban J connectivity index is 1.79. The quantitative estimate of drug-likeness (QED) is 0.542. The fraction of sp³-hybridized carbons (Fsp3) is 0.0909. The number of carbonyl (C=O) groups excluding carboxylic acids is 2. The lowest BCUT2D eigenvalue weighted by molar-refractivity contribution is -0.117. The van der Waals surface area contributed by atoms with Crippen LogP contribution in [0.3, 0.4) is 0 Å². The summed E-state index contributed by atoms with van der Waals surface area (Å²) in [5, 5.41) is 2.35. The summed E-state index contributed by atoms with van der Waals surface area (Å²) in [5.74, 6) is -0.899. The molecule has 0 saturated heterocycles. The molecule has 3 rings (SSSR count). The van der Waals surface area contributed by atoms with Gasteiger partial charge in [-0.05, 0) is 42.0 Å². The van der Waals surface area contributed by atoms with Gasteiger partial charge in [0.25, 0.3) is 10.0 Å². The number of benzene rings is 3. The Bertz CT molecular complexity index is 1120. The molecule has 0 bridgehead atoms. The molecule has 0 radical (unpaired) electrons. The van der Waals surface area contributed by atoms with E-state index in [2.05, 4.69) is 5.32 Å². The second-order valence-corrected chi connectivity index (χ2v) is 9.26. The summed E-state index contributed by atoms with van der Waals surface area (Å²) in [5.41, 5.74) is 1.31. The van der Waals surface area contributed by atoms with E-state index in [1.165, 1.54) is 36.0 Å². The van der Waals surface area contributed by atoms with Crippen LogP contribution in [-0.4, -0.2) is 20.2 Å². The van der Waals surface area contributed by atoms with Gasteiger partial charge in [0.2, 0.25) is 11.8 Å². The second kappa shape index (κ2) is 9.60. The topological polar surface area (TPSA) is 92.3 Å². The third-order valence-corrected chi connectivity index (χ3v) is 6.76. The molecule has 30 heavy (non-hydrogen) atoms. The smallest absolute Gasteiger partial charge is 0.264 e. The van der Waals surface area contributed by atoms with Crippen LogP contribution in [0.2, 0.25) is 0 Å². The van der Waals surface area contributed by atoms with Crippen LogP contribution in [0.4, 0.5) is 5.69 Å². The van der Waals surface area contributed by atoms with Crippen molar-refractivity contribution in [3.8, 4) is 0 Å². The third-order valence-electron chi connectivity index (χ3n) is 4.05. The van der Waals surface area contributed by atoms with Gasteiger partial charge in [-0.2, -0.15) is 0 Å². The Morgan fingerprint density at radius 2 is 1.40 bits per heavy atom. The molecular formula is C22H20N2O4S2. The number of rotatable bonds is 7. The monoisotopic (exact) mass is 440 g/mol. The summed E-state index contributed by atoms with van der Waals surface area (Å²) in [6, 6.07) is 24.7. The van der Waals surface area contributed by atoms with E-state index in [1.807, 2.05) is 65.4 Å². The zero-order chi connectivity index (χ0) is 21.6. The summed E-state index contributed by atoms with van der Waals surface area (Å²) in [6.45, 7) is 1.13. The first-order valence-electron chi connectivity index (χ1n) is 9.06. The molecule has 8 heteroatoms. The zero-order valence-corrected chi connectivity index (χ0v) is 17.7. The van der Waals surface area contributed by atoms with E-state index in [4.69, 9.17) is 0 Å². The van der Waals surface area contributed by atoms with Gasteiger partial charge in [-0.25, -0.2) is 13.1 Å². The molecule has 1 atom stereocenters. The average Bonchev–Trinajstić information content (AvgIpc) is 2.73. The number of nitrogens with one attached hydrogen (secondary N) is 2. The van der Waals surface area contributed by atoms with Gasteiger partial charge in [-0.1, -0.05) is 48.5 Å². The maximum Gasteiger partial charge on any atom is 0.264 e. The lowest BCUT2D eigenvalue weighted by Gasteiger charge is -2.17. The fourth-order valence-electron chi connectivity index (χ4n) is 2.71. The van der Waals surface area contributed by atoms with Crippen molar-refractivity contribution in [2.24, 2.45) is 0 Å². The Morgan fingerprint density at radius 3 is 1.97 bits per heavy atom. The van der Waals surface area contributed by atoms with Crippen LogP contribution in [0.5, 0.6) is 0 Å². The Hall–Kier alpha value is -3.10. The minimum Gasteiger partial charge on any atom is -0.325 e. The molecule has 0 aliphatic heterocycles. The van der Waals surface area contributed by atoms with Crippen molar-refractivity contribution in [3.05, 3.63) is 90.5 Å². The summed E-state index contributed by atoms with van der Waals surface area (Å²) in [6.07, 6.45) is 0. The predicted octanol–water partition coefficient (Wildman–Crippen LogP) is 3.98. The van der Waals surface area contributed by atoms with E-state index in [0.717, 1.165) is 17.4 Å². The molecular weight excluding hydrogens is 420 g/mol. The number of sulfonamides is 1. The van der Waals surface area contributed by atoms with E-state index in [1.54, 1.807) is 0 Å². The fourth-order valence-corrected chi connectivity index (χ4v) is 4.75. The van der Waals surface area contributed by atoms with Crippen molar-refractivity contribution in [2.45, 2.75) is 22.0 Å². The van der Waals surface area contributed by atoms with Crippen molar-refractivity contribution in [2.75, 3.05) is 5.32 Å². The Kier molecular flexibility index (Phi) is 6.91. The highest BCUT2D eigenvalue weighted by atomic mass is 32.2. The van der Waals surface area contributed by atoms with Gasteiger partial charge in [0.1, 0.15) is 5.25 Å². The van der Waals surface area contributed by atoms with Gasteiger partial charge in [0.05, 0.1) is 4.90 Å². The Labute approximate surface area is 179 Å². The molecule has 0 aliphatic rings. The van der Waals surface area contributed by atoms with Crippen molar-refractivity contribution >= 4 is 39.3 Å². The van der Waals surface area contributed by atoms with Crippen LogP contribution >= 0.6 is 11.8 Å². The van der Waals surface area contributed by atoms with Gasteiger partial charge in [0, 0.05) is 17.5 Å². The summed E-state index contributed by atoms with van der Waals surface area (Å²) in [7, 11) is -3.92. The first-order chi connectivity index (χ1) is 14.3. The largest absolute Gasteiger partial charge is 0.325 e. The van der Waals surface area contributed by atoms with E-state index in [0.29, 0.717) is 5.69 Å². The first kappa shape index (κ1) is 21.6. The first-order valence-corrected chi connectivity index (χ1v) is 11.4. The number of carbonyl (C=O) groups is 2. The van der Waals surface area contributed by atoms with Gasteiger partial charge in [-0.3, -0.25) is 9.59 Å². The molecule has 6 nitrogen and oxygen atoms in total. The number of thioether (sulfide) groups is 1. The second-order valence-electron chi connectivity index (χ2n) is 6.40. The van der Waals surface area contributed by atoms with Crippen molar-refractivity contribution in [1.82, 2.24) is 4.72 Å². The lowest BCUT2D eigenvalue weighted by Crippen LogP contribution is -2.28. The van der Waals surface area contributed by atoms with E-state index in [-0.39, 0.29) is 10.8 Å². The van der Waals surface area contributed by atoms with Crippen LogP contribution in [0, 0.1) is 0 Å². The van der Waals surface area contributed by atoms with Crippen LogP contribution in [0.15, 0.2) is 94.7 Å². The number of hydrogen-bond acceptors (Lipinski definition) is 5. The highest BCUT2D eigenvalue weighted by molar-refractivity contribution is 8.00. The number of amides is 2. The predicted molar refractivity (Wildman–Crippen MR) is 118 cm³/mol. The highest BCUT2D eigenvalue weighted by Crippen LogP contribution is 2.36. The lowest BCUT2D eigenvalue weighted by atomic mass is 10.1. The van der Waals surface area contributed by atoms with Crippen LogP contribution in [0.25, 0.3) is 0 Å². The molecule has 0 unspecified atom stereocenters. The molecule has 3 aromatic rings. The Morgan fingerprint density at radius 1 is 0.833 bits per heavy atom. The van der Waals surface area contributed by atoms with Gasteiger partial charge >= 0.3 is 0 Å². The minimum atomic E-state index is -3.92. The SMILES string of the molecule is CC(=O)NS(=O)(=O)c1ccc(NC(=O)[C@@H](Sc2ccccc2)c2ccccc2)cc1. The standard InChI is InChI=1S/C22H20N2O4S2/c1-16(25)24-30(27,28)20-14-12-18(13-15-20)23-22(26)21(17-8-4-2-5-9-17)29-19-10-6-3-7-11-19/h2-15,21H,1H3,(H,23,26)(H,24,25)/t21-/m0/s1. The summed E-state index contributed by atoms with van der Waals surface area (Å²) in [4.78, 5) is 25.0. The van der Waals surface area contributed by atoms with Crippen molar-refractivity contribution in [3.63, 3.8) is 0 Å². The molecule has 154 valence electrons. The maximum atomic E-state index is 13.0. The van der Waals surface area contributed by atoms with Crippen LogP contribution in [-0.2, 0) is 19.6 Å². The van der Waals surface area contributed by atoms with Gasteiger partial charge < -0.3 is 5.32 Å². The molecule has 0 spiro atoms. The van der Waals surface area contributed by atoms with Crippen LogP contribution < -0.4 is 10.0 Å². The zero-order valence-electron chi connectivity index (χ0n) is 16.1. The van der Waals surface area contributed by atoms with Gasteiger partial charge in [0.15, 0.2) is 0 Å². The molecule has 3 aromatic carbocycles. The van der Waals surface area contributed by atoms with E-state index >= 15 is 0 Å². The normalized spacial score (nSPS) is 12.0. The molecule has 0 aromatic heterocycles. The van der Waals surface area contributed by atoms with E-state index in [9.17, 15) is 18.0 Å². The van der Waals surface area contributed by atoms with Crippen LogP contribution in [0.1, 0.15) is 17.7 Å². The molecule has 2 amide bonds. The average molecular weight is 441 g/mol. The molecule has 0 saturated carbocycles. The number of hydrogen-bond donors (Lipinski definition) is 2. The summed E-state index contributed by atoms with van der Waals surface area (Å²) < 4.78 is 26.0. The molecule has 0 fully saturated rings. The van der Waals surface area contributed by atoms with Gasteiger partial charge in [-0.15, -0.1) is 11.8 Å². The van der Waals surface area contributed by atoms with E-state index < -0.39 is 21.2 Å². The molecule has 2 N–H and O–H groups in total. The molecule has 0 heterocycles. The van der Waals surface area contributed by atoms with Crippen molar-refractivity contribution < 1.29 is 18.0 Å².